The maximum atomic E-state index is 12.3. The van der Waals surface area contributed by atoms with Crippen LogP contribution in [0.3, 0.4) is 0 Å². The molecule has 23 heavy (non-hydrogen) atoms. The smallest absolute Gasteiger partial charge is 0.231 e. The lowest BCUT2D eigenvalue weighted by Crippen LogP contribution is -2.28. The second-order valence-corrected chi connectivity index (χ2v) is 5.39. The molecule has 0 radical (unpaired) electrons. The molecule has 0 saturated heterocycles. The van der Waals surface area contributed by atoms with Crippen LogP contribution in [0.4, 0.5) is 0 Å². The molecule has 0 aromatic heterocycles. The molecule has 1 aliphatic heterocycles. The van der Waals surface area contributed by atoms with Crippen LogP contribution in [0.1, 0.15) is 24.1 Å². The fourth-order valence-corrected chi connectivity index (χ4v) is 2.58. The van der Waals surface area contributed by atoms with Gasteiger partial charge in [0.1, 0.15) is 5.75 Å². The Kier molecular flexibility index (Phi) is 4.37. The molecule has 0 aliphatic carbocycles. The molecule has 0 bridgehead atoms. The Morgan fingerprint density at radius 3 is 2.83 bits per heavy atom. The van der Waals surface area contributed by atoms with Gasteiger partial charge in [-0.3, -0.25) is 4.79 Å². The number of hydrogen-bond acceptors (Lipinski definition) is 4. The van der Waals surface area contributed by atoms with Gasteiger partial charge in [0.2, 0.25) is 12.7 Å². The highest BCUT2D eigenvalue weighted by Crippen LogP contribution is 2.34. The van der Waals surface area contributed by atoms with Crippen molar-refractivity contribution < 1.29 is 19.0 Å². The lowest BCUT2D eigenvalue weighted by molar-refractivity contribution is -0.121. The third kappa shape index (κ3) is 3.39. The van der Waals surface area contributed by atoms with E-state index in [0.717, 1.165) is 22.6 Å². The highest BCUT2D eigenvalue weighted by molar-refractivity contribution is 5.79. The van der Waals surface area contributed by atoms with E-state index in [9.17, 15) is 4.79 Å². The highest BCUT2D eigenvalue weighted by Gasteiger charge is 2.17. The Labute approximate surface area is 135 Å². The summed E-state index contributed by atoms with van der Waals surface area (Å²) in [4.78, 5) is 12.3. The minimum atomic E-state index is -0.119. The van der Waals surface area contributed by atoms with Gasteiger partial charge in [0.25, 0.3) is 0 Å². The topological polar surface area (TPSA) is 56.8 Å². The standard InChI is InChI=1S/C18H19NO4/c1-12(13-7-8-16-17(9-13)23-11-22-16)19-18(20)10-14-5-3-4-6-15(14)21-2/h3-9,12H,10-11H2,1-2H3,(H,19,20)/t12-/m0/s1. The fraction of sp³-hybridized carbons (Fsp3) is 0.278. The molecule has 1 N–H and O–H groups in total. The Bertz CT molecular complexity index is 714. The third-order valence-corrected chi connectivity index (χ3v) is 3.82. The van der Waals surface area contributed by atoms with Gasteiger partial charge in [-0.2, -0.15) is 0 Å². The number of carbonyl (C=O) groups is 1. The zero-order valence-corrected chi connectivity index (χ0v) is 13.2. The summed E-state index contributed by atoms with van der Waals surface area (Å²) < 4.78 is 15.9. The van der Waals surface area contributed by atoms with Crippen molar-refractivity contribution >= 4 is 5.91 Å². The number of rotatable bonds is 5. The molecule has 0 fully saturated rings. The van der Waals surface area contributed by atoms with Gasteiger partial charge < -0.3 is 19.5 Å². The van der Waals surface area contributed by atoms with E-state index < -0.39 is 0 Å². The lowest BCUT2D eigenvalue weighted by Gasteiger charge is -2.15. The Morgan fingerprint density at radius 2 is 2.00 bits per heavy atom. The van der Waals surface area contributed by atoms with E-state index in [2.05, 4.69) is 5.32 Å². The van der Waals surface area contributed by atoms with Crippen LogP contribution < -0.4 is 19.5 Å². The van der Waals surface area contributed by atoms with Crippen LogP contribution in [0.15, 0.2) is 42.5 Å². The number of ether oxygens (including phenoxy) is 3. The minimum Gasteiger partial charge on any atom is -0.496 e. The van der Waals surface area contributed by atoms with E-state index in [1.54, 1.807) is 7.11 Å². The number of fused-ring (bicyclic) bond motifs is 1. The summed E-state index contributed by atoms with van der Waals surface area (Å²) >= 11 is 0. The molecular weight excluding hydrogens is 294 g/mol. The summed E-state index contributed by atoms with van der Waals surface area (Å²) in [5.74, 6) is 2.12. The number of benzene rings is 2. The summed E-state index contributed by atoms with van der Waals surface area (Å²) in [6, 6.07) is 13.1. The van der Waals surface area contributed by atoms with E-state index in [4.69, 9.17) is 14.2 Å². The number of carbonyl (C=O) groups excluding carboxylic acids is 1. The molecule has 1 amide bonds. The molecule has 1 atom stereocenters. The average molecular weight is 313 g/mol. The van der Waals surface area contributed by atoms with Crippen LogP contribution in [0.5, 0.6) is 17.2 Å². The van der Waals surface area contributed by atoms with E-state index in [-0.39, 0.29) is 25.2 Å². The fourth-order valence-electron chi connectivity index (χ4n) is 2.58. The summed E-state index contributed by atoms with van der Waals surface area (Å²) in [5, 5.41) is 3.00. The molecule has 1 heterocycles. The highest BCUT2D eigenvalue weighted by atomic mass is 16.7. The Hall–Kier alpha value is -2.69. The predicted molar refractivity (Wildman–Crippen MR) is 85.8 cm³/mol. The summed E-state index contributed by atoms with van der Waals surface area (Å²) in [5.41, 5.74) is 1.84. The molecule has 5 heteroatoms. The molecule has 0 saturated carbocycles. The number of hydrogen-bond donors (Lipinski definition) is 1. The van der Waals surface area contributed by atoms with Gasteiger partial charge >= 0.3 is 0 Å². The molecule has 5 nitrogen and oxygen atoms in total. The van der Waals surface area contributed by atoms with Gasteiger partial charge in [-0.1, -0.05) is 24.3 Å². The van der Waals surface area contributed by atoms with Gasteiger partial charge in [-0.15, -0.1) is 0 Å². The molecule has 2 aromatic carbocycles. The van der Waals surface area contributed by atoms with Gasteiger partial charge in [0.05, 0.1) is 19.6 Å². The van der Waals surface area contributed by atoms with Crippen LogP contribution >= 0.6 is 0 Å². The second kappa shape index (κ2) is 6.60. The van der Waals surface area contributed by atoms with Gasteiger partial charge in [-0.25, -0.2) is 0 Å². The number of methoxy groups -OCH3 is 1. The number of para-hydroxylation sites is 1. The first-order valence-corrected chi connectivity index (χ1v) is 7.48. The SMILES string of the molecule is COc1ccccc1CC(=O)N[C@@H](C)c1ccc2c(c1)OCO2. The first kappa shape index (κ1) is 15.2. The molecule has 0 spiro atoms. The average Bonchev–Trinajstić information content (AvgIpc) is 3.02. The molecule has 1 aliphatic rings. The normalized spacial score (nSPS) is 13.5. The zero-order chi connectivity index (χ0) is 16.2. The van der Waals surface area contributed by atoms with Crippen LogP contribution in [0, 0.1) is 0 Å². The van der Waals surface area contributed by atoms with Crippen LogP contribution in [0.25, 0.3) is 0 Å². The molecule has 0 unspecified atom stereocenters. The minimum absolute atomic E-state index is 0.0559. The second-order valence-electron chi connectivity index (χ2n) is 5.39. The van der Waals surface area contributed by atoms with E-state index >= 15 is 0 Å². The molecular formula is C18H19NO4. The van der Waals surface area contributed by atoms with Crippen LogP contribution in [0.2, 0.25) is 0 Å². The quantitative estimate of drug-likeness (QED) is 0.922. The van der Waals surface area contributed by atoms with Crippen molar-refractivity contribution in [1.29, 1.82) is 0 Å². The Morgan fingerprint density at radius 1 is 1.22 bits per heavy atom. The maximum absolute atomic E-state index is 12.3. The van der Waals surface area contributed by atoms with Gasteiger partial charge in [-0.05, 0) is 30.7 Å². The first-order valence-electron chi connectivity index (χ1n) is 7.48. The van der Waals surface area contributed by atoms with Crippen molar-refractivity contribution in [3.63, 3.8) is 0 Å². The maximum Gasteiger partial charge on any atom is 0.231 e. The van der Waals surface area contributed by atoms with Crippen LogP contribution in [-0.2, 0) is 11.2 Å². The number of nitrogens with one attached hydrogen (secondary N) is 1. The van der Waals surface area contributed by atoms with Gasteiger partial charge in [0.15, 0.2) is 11.5 Å². The van der Waals surface area contributed by atoms with Crippen LogP contribution in [-0.4, -0.2) is 19.8 Å². The summed E-state index contributed by atoms with van der Waals surface area (Å²) in [6.45, 7) is 2.19. The summed E-state index contributed by atoms with van der Waals surface area (Å²) in [6.07, 6.45) is 0.277. The van der Waals surface area contributed by atoms with Crippen molar-refractivity contribution in [2.24, 2.45) is 0 Å². The largest absolute Gasteiger partial charge is 0.496 e. The number of amides is 1. The van der Waals surface area contributed by atoms with Crippen molar-refractivity contribution in [1.82, 2.24) is 5.32 Å². The van der Waals surface area contributed by atoms with E-state index in [0.29, 0.717) is 5.75 Å². The predicted octanol–water partition coefficient (Wildman–Crippen LogP) is 2.84. The summed E-state index contributed by atoms with van der Waals surface area (Å²) in [7, 11) is 1.60. The molecule has 2 aromatic rings. The van der Waals surface area contributed by atoms with Gasteiger partial charge in [0, 0.05) is 5.56 Å². The van der Waals surface area contributed by atoms with E-state index in [1.165, 1.54) is 0 Å². The zero-order valence-electron chi connectivity index (χ0n) is 13.2. The third-order valence-electron chi connectivity index (χ3n) is 3.82. The molecule has 120 valence electrons. The molecule has 3 rings (SSSR count). The monoisotopic (exact) mass is 313 g/mol. The van der Waals surface area contributed by atoms with Crippen molar-refractivity contribution in [2.75, 3.05) is 13.9 Å². The van der Waals surface area contributed by atoms with Crippen molar-refractivity contribution in [2.45, 2.75) is 19.4 Å². The van der Waals surface area contributed by atoms with Crippen molar-refractivity contribution in [3.8, 4) is 17.2 Å². The van der Waals surface area contributed by atoms with Crippen molar-refractivity contribution in [3.05, 3.63) is 53.6 Å². The Balaban J connectivity index is 1.65. The lowest BCUT2D eigenvalue weighted by atomic mass is 10.1. The first-order chi connectivity index (χ1) is 11.2. The van der Waals surface area contributed by atoms with E-state index in [1.807, 2.05) is 49.4 Å².